The number of nitrogens with one attached hydrogen (secondary N) is 2. The minimum Gasteiger partial charge on any atom is -0.493 e. The number of amides is 2. The molecule has 31 heavy (non-hydrogen) atoms. The van der Waals surface area contributed by atoms with E-state index in [1.807, 2.05) is 13.8 Å². The van der Waals surface area contributed by atoms with Gasteiger partial charge < -0.3 is 29.4 Å². The van der Waals surface area contributed by atoms with Gasteiger partial charge in [-0.05, 0) is 18.1 Å². The number of carbonyl (C=O) groups is 2. The second-order valence-electron chi connectivity index (χ2n) is 7.19. The van der Waals surface area contributed by atoms with E-state index in [0.717, 1.165) is 5.39 Å². The Morgan fingerprint density at radius 2 is 1.81 bits per heavy atom. The predicted molar refractivity (Wildman–Crippen MR) is 119 cm³/mol. The number of methoxy groups -OCH3 is 3. The minimum atomic E-state index is -0.736. The van der Waals surface area contributed by atoms with Crippen LogP contribution in [0.2, 0.25) is 0 Å². The van der Waals surface area contributed by atoms with Gasteiger partial charge in [-0.25, -0.2) is 4.98 Å². The number of benzene rings is 1. The normalized spacial score (nSPS) is 12.0. The van der Waals surface area contributed by atoms with E-state index in [1.165, 1.54) is 32.7 Å². The Morgan fingerprint density at radius 1 is 1.10 bits per heavy atom. The summed E-state index contributed by atoms with van der Waals surface area (Å²) in [5.74, 6) is 0.555. The number of hydrogen-bond acceptors (Lipinski definition) is 7. The highest BCUT2D eigenvalue weighted by molar-refractivity contribution is 7.13. The summed E-state index contributed by atoms with van der Waals surface area (Å²) in [4.78, 5) is 29.9. The van der Waals surface area contributed by atoms with Crippen LogP contribution in [0.15, 0.2) is 23.7 Å². The van der Waals surface area contributed by atoms with Gasteiger partial charge in [0, 0.05) is 24.0 Å². The van der Waals surface area contributed by atoms with Gasteiger partial charge in [0.05, 0.1) is 26.8 Å². The lowest BCUT2D eigenvalue weighted by molar-refractivity contribution is -0.118. The highest BCUT2D eigenvalue weighted by Crippen LogP contribution is 2.44. The summed E-state index contributed by atoms with van der Waals surface area (Å²) in [5, 5.41) is 8.59. The SMILES string of the molecule is COc1cc2cc(C(=O)N[C@H](C(=O)Nc3nccs3)C(C)C)n(C)c2c(OC)c1OC. The molecule has 0 saturated carbocycles. The molecule has 2 heterocycles. The van der Waals surface area contributed by atoms with Gasteiger partial charge in [0.1, 0.15) is 11.7 Å². The molecule has 0 aliphatic carbocycles. The van der Waals surface area contributed by atoms with Gasteiger partial charge in [0.2, 0.25) is 11.7 Å². The second-order valence-corrected chi connectivity index (χ2v) is 8.09. The van der Waals surface area contributed by atoms with Crippen molar-refractivity contribution in [2.45, 2.75) is 19.9 Å². The van der Waals surface area contributed by atoms with Crippen LogP contribution in [0, 0.1) is 5.92 Å². The maximum absolute atomic E-state index is 13.1. The van der Waals surface area contributed by atoms with Crippen LogP contribution in [-0.4, -0.2) is 48.7 Å². The molecule has 166 valence electrons. The Balaban J connectivity index is 1.95. The molecule has 0 aliphatic heterocycles. The third-order valence-corrected chi connectivity index (χ3v) is 5.64. The molecule has 3 aromatic rings. The third kappa shape index (κ3) is 4.29. The molecule has 2 amide bonds. The largest absolute Gasteiger partial charge is 0.493 e. The zero-order valence-corrected chi connectivity index (χ0v) is 19.1. The summed E-state index contributed by atoms with van der Waals surface area (Å²) >= 11 is 1.31. The number of thiazole rings is 1. The van der Waals surface area contributed by atoms with Crippen molar-refractivity contribution in [2.75, 3.05) is 26.6 Å². The molecule has 0 fully saturated rings. The number of aromatic nitrogens is 2. The van der Waals surface area contributed by atoms with Gasteiger partial charge >= 0.3 is 0 Å². The first-order valence-corrected chi connectivity index (χ1v) is 10.5. The summed E-state index contributed by atoms with van der Waals surface area (Å²) in [7, 11) is 6.35. The number of aryl methyl sites for hydroxylation is 1. The number of ether oxygens (including phenoxy) is 3. The highest BCUT2D eigenvalue weighted by atomic mass is 32.1. The van der Waals surface area contributed by atoms with Crippen LogP contribution in [0.25, 0.3) is 10.9 Å². The van der Waals surface area contributed by atoms with E-state index in [1.54, 1.807) is 35.3 Å². The summed E-state index contributed by atoms with van der Waals surface area (Å²) in [6, 6.07) is 2.77. The topological polar surface area (TPSA) is 104 Å². The Kier molecular flexibility index (Phi) is 6.69. The maximum atomic E-state index is 13.1. The number of fused-ring (bicyclic) bond motifs is 1. The van der Waals surface area contributed by atoms with Crippen LogP contribution >= 0.6 is 11.3 Å². The van der Waals surface area contributed by atoms with Gasteiger partial charge in [-0.3, -0.25) is 9.59 Å². The second kappa shape index (κ2) is 9.25. The first kappa shape index (κ1) is 22.4. The minimum absolute atomic E-state index is 0.131. The molecule has 1 aromatic carbocycles. The fourth-order valence-corrected chi connectivity index (χ4v) is 3.95. The van der Waals surface area contributed by atoms with Gasteiger partial charge in [-0.2, -0.15) is 0 Å². The molecule has 2 aromatic heterocycles. The molecule has 10 heteroatoms. The lowest BCUT2D eigenvalue weighted by Crippen LogP contribution is -2.47. The molecule has 2 N–H and O–H groups in total. The zero-order valence-electron chi connectivity index (χ0n) is 18.3. The predicted octanol–water partition coefficient (Wildman–Crippen LogP) is 3.05. The van der Waals surface area contributed by atoms with Gasteiger partial charge in [-0.1, -0.05) is 13.8 Å². The first-order valence-electron chi connectivity index (χ1n) is 9.61. The van der Waals surface area contributed by atoms with E-state index in [9.17, 15) is 9.59 Å². The van der Waals surface area contributed by atoms with Crippen molar-refractivity contribution in [1.82, 2.24) is 14.9 Å². The molecule has 0 unspecified atom stereocenters. The maximum Gasteiger partial charge on any atom is 0.268 e. The summed E-state index contributed by atoms with van der Waals surface area (Å²) in [6.45, 7) is 3.74. The molecule has 0 saturated heterocycles. The van der Waals surface area contributed by atoms with Gasteiger partial charge in [0.15, 0.2) is 16.6 Å². The van der Waals surface area contributed by atoms with E-state index in [2.05, 4.69) is 15.6 Å². The van der Waals surface area contributed by atoms with E-state index in [-0.39, 0.29) is 17.7 Å². The van der Waals surface area contributed by atoms with E-state index in [0.29, 0.717) is 33.6 Å². The van der Waals surface area contributed by atoms with Crippen molar-refractivity contribution in [3.8, 4) is 17.2 Å². The van der Waals surface area contributed by atoms with E-state index >= 15 is 0 Å². The molecule has 3 rings (SSSR count). The van der Waals surface area contributed by atoms with E-state index < -0.39 is 6.04 Å². The third-order valence-electron chi connectivity index (χ3n) is 4.95. The molecule has 1 atom stereocenters. The molecular weight excluding hydrogens is 420 g/mol. The highest BCUT2D eigenvalue weighted by Gasteiger charge is 2.28. The van der Waals surface area contributed by atoms with Crippen molar-refractivity contribution >= 4 is 39.2 Å². The number of rotatable bonds is 8. The standard InChI is InChI=1S/C21H26N4O5S/c1-11(2)15(20(27)24-21-22-7-8-31-21)23-19(26)13-9-12-10-14(28-4)17(29-5)18(30-6)16(12)25(13)3/h7-11,15H,1-6H3,(H,23,26)(H,22,24,27)/t15-/m0/s1. The number of anilines is 1. The molecule has 0 radical (unpaired) electrons. The van der Waals surface area contributed by atoms with Crippen LogP contribution in [0.1, 0.15) is 24.3 Å². The number of carbonyl (C=O) groups excluding carboxylic acids is 2. The smallest absolute Gasteiger partial charge is 0.268 e. The summed E-state index contributed by atoms with van der Waals surface area (Å²) in [5.41, 5.74) is 1.05. The molecule has 9 nitrogen and oxygen atoms in total. The average Bonchev–Trinajstić information content (AvgIpc) is 3.37. The van der Waals surface area contributed by atoms with Crippen LogP contribution in [0.3, 0.4) is 0 Å². The Hall–Kier alpha value is -3.27. The van der Waals surface area contributed by atoms with Gasteiger partial charge in [0.25, 0.3) is 5.91 Å². The monoisotopic (exact) mass is 446 g/mol. The molecular formula is C21H26N4O5S. The Morgan fingerprint density at radius 3 is 2.35 bits per heavy atom. The lowest BCUT2D eigenvalue weighted by Gasteiger charge is -2.21. The van der Waals surface area contributed by atoms with Crippen molar-refractivity contribution in [3.05, 3.63) is 29.4 Å². The fourth-order valence-electron chi connectivity index (χ4n) is 3.42. The van der Waals surface area contributed by atoms with Crippen LogP contribution in [-0.2, 0) is 11.8 Å². The van der Waals surface area contributed by atoms with Crippen molar-refractivity contribution in [1.29, 1.82) is 0 Å². The van der Waals surface area contributed by atoms with Crippen LogP contribution in [0.4, 0.5) is 5.13 Å². The molecule has 0 aliphatic rings. The number of nitrogens with zero attached hydrogens (tertiary/aromatic N) is 2. The van der Waals surface area contributed by atoms with E-state index in [4.69, 9.17) is 14.2 Å². The quantitative estimate of drug-likeness (QED) is 0.551. The Bertz CT molecular complexity index is 1090. The molecule has 0 spiro atoms. The van der Waals surface area contributed by atoms with Crippen molar-refractivity contribution in [3.63, 3.8) is 0 Å². The van der Waals surface area contributed by atoms with Crippen molar-refractivity contribution in [2.24, 2.45) is 13.0 Å². The van der Waals surface area contributed by atoms with Crippen molar-refractivity contribution < 1.29 is 23.8 Å². The van der Waals surface area contributed by atoms with Crippen LogP contribution < -0.4 is 24.8 Å². The summed E-state index contributed by atoms with van der Waals surface area (Å²) in [6.07, 6.45) is 1.61. The number of hydrogen-bond donors (Lipinski definition) is 2. The summed E-state index contributed by atoms with van der Waals surface area (Å²) < 4.78 is 18.1. The first-order chi connectivity index (χ1) is 14.8. The fraction of sp³-hybridized carbons (Fsp3) is 0.381. The van der Waals surface area contributed by atoms with Crippen LogP contribution in [0.5, 0.6) is 17.2 Å². The Labute approximate surface area is 184 Å². The lowest BCUT2D eigenvalue weighted by atomic mass is 10.0. The zero-order chi connectivity index (χ0) is 22.7. The average molecular weight is 447 g/mol. The molecule has 0 bridgehead atoms. The van der Waals surface area contributed by atoms with Gasteiger partial charge in [-0.15, -0.1) is 11.3 Å².